The Morgan fingerprint density at radius 3 is 2.42 bits per heavy atom. The molecule has 5 nitrogen and oxygen atoms in total. The van der Waals surface area contributed by atoms with E-state index in [4.69, 9.17) is 4.74 Å². The molecule has 2 heterocycles. The van der Waals surface area contributed by atoms with Crippen LogP contribution in [0.1, 0.15) is 32.6 Å². The molecule has 0 spiro atoms. The largest absolute Gasteiger partial charge is 0.496 e. The molecular weight excluding hydrogens is 304 g/mol. The molecule has 1 aromatic carbocycles. The molecule has 0 unspecified atom stereocenters. The van der Waals surface area contributed by atoms with Gasteiger partial charge in [0.25, 0.3) is 11.5 Å². The van der Waals surface area contributed by atoms with Gasteiger partial charge in [0.05, 0.1) is 7.11 Å². The summed E-state index contributed by atoms with van der Waals surface area (Å²) in [5, 5.41) is 0. The predicted octanol–water partition coefficient (Wildman–Crippen LogP) is 2.21. The molecule has 24 heavy (non-hydrogen) atoms. The molecule has 3 rings (SSSR count). The van der Waals surface area contributed by atoms with Crippen molar-refractivity contribution in [2.24, 2.45) is 7.05 Å². The van der Waals surface area contributed by atoms with Crippen molar-refractivity contribution in [2.45, 2.75) is 26.8 Å². The first-order chi connectivity index (χ1) is 11.4. The molecule has 0 bridgehead atoms. The van der Waals surface area contributed by atoms with Crippen LogP contribution in [0.5, 0.6) is 5.75 Å². The Kier molecular flexibility index (Phi) is 4.18. The highest BCUT2D eigenvalue weighted by Crippen LogP contribution is 2.26. The van der Waals surface area contributed by atoms with Gasteiger partial charge in [0.15, 0.2) is 0 Å². The third-order valence-corrected chi connectivity index (χ3v) is 4.62. The number of aromatic nitrogens is 1. The molecule has 2 aromatic rings. The molecule has 0 saturated heterocycles. The van der Waals surface area contributed by atoms with Crippen LogP contribution < -0.4 is 10.3 Å². The van der Waals surface area contributed by atoms with Gasteiger partial charge >= 0.3 is 0 Å². The monoisotopic (exact) mass is 326 g/mol. The summed E-state index contributed by atoms with van der Waals surface area (Å²) in [6, 6.07) is 5.44. The van der Waals surface area contributed by atoms with E-state index in [1.54, 1.807) is 24.8 Å². The number of pyridine rings is 1. The number of rotatable bonds is 2. The number of aryl methyl sites for hydroxylation is 3. The highest BCUT2D eigenvalue weighted by atomic mass is 16.5. The lowest BCUT2D eigenvalue weighted by Crippen LogP contribution is -2.37. The van der Waals surface area contributed by atoms with E-state index in [1.807, 2.05) is 37.1 Å². The summed E-state index contributed by atoms with van der Waals surface area (Å²) in [6.45, 7) is 5.06. The third-order valence-electron chi connectivity index (χ3n) is 4.62. The molecule has 0 saturated carbocycles. The fraction of sp³-hybridized carbons (Fsp3) is 0.368. The second-order valence-corrected chi connectivity index (χ2v) is 6.39. The van der Waals surface area contributed by atoms with Gasteiger partial charge in [-0.25, -0.2) is 0 Å². The molecule has 0 aliphatic carbocycles. The number of nitrogens with zero attached hydrogens (tertiary/aromatic N) is 2. The average molecular weight is 326 g/mol. The number of benzene rings is 1. The lowest BCUT2D eigenvalue weighted by Gasteiger charge is -2.29. The van der Waals surface area contributed by atoms with Crippen molar-refractivity contribution in [3.05, 3.63) is 62.6 Å². The summed E-state index contributed by atoms with van der Waals surface area (Å²) in [5.41, 5.74) is 4.68. The molecule has 5 heteroatoms. The zero-order chi connectivity index (χ0) is 17.4. The molecule has 0 atom stereocenters. The van der Waals surface area contributed by atoms with Gasteiger partial charge in [0.2, 0.25) is 0 Å². The minimum absolute atomic E-state index is 0.00469. The van der Waals surface area contributed by atoms with Crippen LogP contribution in [0.25, 0.3) is 0 Å². The Morgan fingerprint density at radius 2 is 1.79 bits per heavy atom. The third kappa shape index (κ3) is 2.82. The molecule has 126 valence electrons. The standard InChI is InChI=1S/C19H22N2O3/c1-12-7-15(8-13(2)18(12)24-4)19(23)21-6-5-14-9-17(22)20(3)10-16(14)11-21/h7-10H,5-6,11H2,1-4H3. The number of amides is 1. The summed E-state index contributed by atoms with van der Waals surface area (Å²) >= 11 is 0. The SMILES string of the molecule is COc1c(C)cc(C(=O)N2CCc3cc(=O)n(C)cc3C2)cc1C. The molecule has 1 aliphatic heterocycles. The number of hydrogen-bond acceptors (Lipinski definition) is 3. The molecule has 1 aromatic heterocycles. The van der Waals surface area contributed by atoms with Gasteiger partial charge in [-0.05, 0) is 54.7 Å². The summed E-state index contributed by atoms with van der Waals surface area (Å²) in [5.74, 6) is 0.842. The lowest BCUT2D eigenvalue weighted by molar-refractivity contribution is 0.0734. The number of ether oxygens (including phenoxy) is 1. The van der Waals surface area contributed by atoms with E-state index in [0.29, 0.717) is 25.1 Å². The van der Waals surface area contributed by atoms with E-state index >= 15 is 0 Å². The summed E-state index contributed by atoms with van der Waals surface area (Å²) in [6.07, 6.45) is 2.55. The summed E-state index contributed by atoms with van der Waals surface area (Å²) < 4.78 is 6.93. The maximum atomic E-state index is 12.9. The van der Waals surface area contributed by atoms with Crippen molar-refractivity contribution in [3.63, 3.8) is 0 Å². The number of fused-ring (bicyclic) bond motifs is 1. The predicted molar refractivity (Wildman–Crippen MR) is 92.6 cm³/mol. The molecule has 0 N–H and O–H groups in total. The fourth-order valence-corrected chi connectivity index (χ4v) is 3.39. The van der Waals surface area contributed by atoms with E-state index in [2.05, 4.69) is 0 Å². The van der Waals surface area contributed by atoms with Crippen LogP contribution in [0, 0.1) is 13.8 Å². The van der Waals surface area contributed by atoms with Crippen molar-refractivity contribution in [1.82, 2.24) is 9.47 Å². The maximum Gasteiger partial charge on any atom is 0.254 e. The van der Waals surface area contributed by atoms with Gasteiger partial charge in [-0.3, -0.25) is 9.59 Å². The minimum Gasteiger partial charge on any atom is -0.496 e. The van der Waals surface area contributed by atoms with Crippen LogP contribution in [0.3, 0.4) is 0 Å². The summed E-state index contributed by atoms with van der Waals surface area (Å²) in [4.78, 5) is 26.5. The number of methoxy groups -OCH3 is 1. The zero-order valence-electron chi connectivity index (χ0n) is 14.5. The smallest absolute Gasteiger partial charge is 0.254 e. The Morgan fingerprint density at radius 1 is 1.12 bits per heavy atom. The number of carbonyl (C=O) groups is 1. The number of carbonyl (C=O) groups excluding carboxylic acids is 1. The minimum atomic E-state index is -0.00469. The quantitative estimate of drug-likeness (QED) is 0.850. The first-order valence-electron chi connectivity index (χ1n) is 8.03. The van der Waals surface area contributed by atoms with Gasteiger partial charge in [0, 0.05) is 38.0 Å². The van der Waals surface area contributed by atoms with Gasteiger partial charge in [-0.2, -0.15) is 0 Å². The molecule has 1 amide bonds. The molecular formula is C19H22N2O3. The second-order valence-electron chi connectivity index (χ2n) is 6.39. The van der Waals surface area contributed by atoms with Crippen LogP contribution in [-0.2, 0) is 20.0 Å². The van der Waals surface area contributed by atoms with Gasteiger partial charge < -0.3 is 14.2 Å². The Labute approximate surface area is 141 Å². The van der Waals surface area contributed by atoms with Gasteiger partial charge in [0.1, 0.15) is 5.75 Å². The Hall–Kier alpha value is -2.56. The first-order valence-corrected chi connectivity index (χ1v) is 8.03. The topological polar surface area (TPSA) is 51.5 Å². The Bertz CT molecular complexity index is 844. The highest BCUT2D eigenvalue weighted by molar-refractivity contribution is 5.95. The van der Waals surface area contributed by atoms with Crippen molar-refractivity contribution in [2.75, 3.05) is 13.7 Å². The maximum absolute atomic E-state index is 12.9. The van der Waals surface area contributed by atoms with Gasteiger partial charge in [-0.15, -0.1) is 0 Å². The van der Waals surface area contributed by atoms with Crippen LogP contribution >= 0.6 is 0 Å². The van der Waals surface area contributed by atoms with E-state index < -0.39 is 0 Å². The van der Waals surface area contributed by atoms with E-state index in [-0.39, 0.29) is 11.5 Å². The van der Waals surface area contributed by atoms with Crippen LogP contribution in [0.2, 0.25) is 0 Å². The highest BCUT2D eigenvalue weighted by Gasteiger charge is 2.23. The molecule has 0 fully saturated rings. The average Bonchev–Trinajstić information content (AvgIpc) is 2.54. The summed E-state index contributed by atoms with van der Waals surface area (Å²) in [7, 11) is 3.38. The molecule has 1 aliphatic rings. The lowest BCUT2D eigenvalue weighted by atomic mass is 10.00. The normalized spacial score (nSPS) is 13.6. The van der Waals surface area contributed by atoms with E-state index in [9.17, 15) is 9.59 Å². The second kappa shape index (κ2) is 6.15. The van der Waals surface area contributed by atoms with Gasteiger partial charge in [-0.1, -0.05) is 0 Å². The van der Waals surface area contributed by atoms with Crippen molar-refractivity contribution in [3.8, 4) is 5.75 Å². The van der Waals surface area contributed by atoms with Crippen molar-refractivity contribution >= 4 is 5.91 Å². The van der Waals surface area contributed by atoms with Crippen molar-refractivity contribution < 1.29 is 9.53 Å². The first kappa shape index (κ1) is 16.3. The fourth-order valence-electron chi connectivity index (χ4n) is 3.39. The van der Waals surface area contributed by atoms with Crippen LogP contribution in [0.4, 0.5) is 0 Å². The Balaban J connectivity index is 1.89. The van der Waals surface area contributed by atoms with Crippen molar-refractivity contribution in [1.29, 1.82) is 0 Å². The number of hydrogen-bond donors (Lipinski definition) is 0. The zero-order valence-corrected chi connectivity index (χ0v) is 14.5. The van der Waals surface area contributed by atoms with E-state index in [1.165, 1.54) is 0 Å². The molecule has 0 radical (unpaired) electrons. The van der Waals surface area contributed by atoms with Crippen LogP contribution in [-0.4, -0.2) is 29.0 Å². The van der Waals surface area contributed by atoms with Crippen LogP contribution in [0.15, 0.2) is 29.2 Å². The van der Waals surface area contributed by atoms with E-state index in [0.717, 1.165) is 28.0 Å².